The summed E-state index contributed by atoms with van der Waals surface area (Å²) in [5.74, 6) is -2.05. The second-order valence-corrected chi connectivity index (χ2v) is 9.32. The third-order valence-electron chi connectivity index (χ3n) is 5.28. The largest absolute Gasteiger partial charge is 0.484 e. The van der Waals surface area contributed by atoms with Crippen molar-refractivity contribution >= 4 is 21.4 Å². The van der Waals surface area contributed by atoms with Gasteiger partial charge in [-0.25, -0.2) is 22.2 Å². The lowest BCUT2D eigenvalue weighted by molar-refractivity contribution is 0.145. The number of hydrogen-bond donors (Lipinski definition) is 1. The molecule has 0 atom stereocenters. The Balaban J connectivity index is 1.73. The van der Waals surface area contributed by atoms with Crippen LogP contribution < -0.4 is 15.0 Å². The van der Waals surface area contributed by atoms with Gasteiger partial charge in [0.25, 0.3) is 15.6 Å². The summed E-state index contributed by atoms with van der Waals surface area (Å²) in [5.41, 5.74) is 1.53. The fourth-order valence-electron chi connectivity index (χ4n) is 3.48. The van der Waals surface area contributed by atoms with Crippen LogP contribution in [0.15, 0.2) is 64.7 Å². The van der Waals surface area contributed by atoms with Gasteiger partial charge in [-0.2, -0.15) is 0 Å². The zero-order valence-electron chi connectivity index (χ0n) is 19.4. The number of halogens is 2. The topological polar surface area (TPSA) is 112 Å². The first-order chi connectivity index (χ1) is 17.2. The van der Waals surface area contributed by atoms with Gasteiger partial charge < -0.3 is 9.47 Å². The number of aryl methyl sites for hydroxylation is 1. The number of pyridine rings is 2. The second kappa shape index (κ2) is 10.4. The van der Waals surface area contributed by atoms with E-state index >= 15 is 0 Å². The number of fused-ring (bicyclic) bond motifs is 1. The van der Waals surface area contributed by atoms with Crippen molar-refractivity contribution in [2.24, 2.45) is 0 Å². The van der Waals surface area contributed by atoms with Crippen molar-refractivity contribution in [3.8, 4) is 16.9 Å². The minimum Gasteiger partial charge on any atom is -0.484 e. The van der Waals surface area contributed by atoms with E-state index in [9.17, 15) is 22.0 Å². The molecule has 0 bridgehead atoms. The number of anilines is 1. The Morgan fingerprint density at radius 1 is 1.03 bits per heavy atom. The van der Waals surface area contributed by atoms with Crippen molar-refractivity contribution in [2.45, 2.75) is 18.2 Å². The van der Waals surface area contributed by atoms with Crippen LogP contribution >= 0.6 is 0 Å². The number of rotatable bonds is 9. The molecule has 0 fully saturated rings. The molecule has 0 aliphatic heterocycles. The molecule has 0 amide bonds. The molecule has 1 N–H and O–H groups in total. The third-order valence-corrected chi connectivity index (χ3v) is 6.68. The first-order valence-corrected chi connectivity index (χ1v) is 12.3. The highest BCUT2D eigenvalue weighted by atomic mass is 32.2. The summed E-state index contributed by atoms with van der Waals surface area (Å²) < 4.78 is 67.1. The van der Waals surface area contributed by atoms with Crippen molar-refractivity contribution in [3.05, 3.63) is 82.7 Å². The fourth-order valence-corrected chi connectivity index (χ4v) is 4.62. The molecule has 0 unspecified atom stereocenters. The summed E-state index contributed by atoms with van der Waals surface area (Å²) in [6.07, 6.45) is 4.79. The minimum absolute atomic E-state index is 0.0518. The maximum atomic E-state index is 14.2. The molecule has 9 nitrogen and oxygen atoms in total. The Labute approximate surface area is 205 Å². The summed E-state index contributed by atoms with van der Waals surface area (Å²) in [6.45, 7) is 2.27. The van der Waals surface area contributed by atoms with Crippen LogP contribution in [0.3, 0.4) is 0 Å². The Kier molecular flexibility index (Phi) is 7.27. The van der Waals surface area contributed by atoms with Crippen LogP contribution in [0.1, 0.15) is 12.6 Å². The molecule has 188 valence electrons. The number of methoxy groups -OCH3 is 1. The van der Waals surface area contributed by atoms with Crippen molar-refractivity contribution in [2.75, 3.05) is 25.0 Å². The molecule has 1 aromatic carbocycles. The lowest BCUT2D eigenvalue weighted by Crippen LogP contribution is -2.19. The highest BCUT2D eigenvalue weighted by molar-refractivity contribution is 7.92. The van der Waals surface area contributed by atoms with Gasteiger partial charge in [-0.1, -0.05) is 6.92 Å². The van der Waals surface area contributed by atoms with E-state index in [2.05, 4.69) is 14.7 Å². The molecule has 3 heterocycles. The van der Waals surface area contributed by atoms with Crippen molar-refractivity contribution in [1.29, 1.82) is 0 Å². The average Bonchev–Trinajstić information content (AvgIpc) is 2.85. The lowest BCUT2D eigenvalue weighted by Gasteiger charge is -2.14. The molecule has 0 saturated carbocycles. The molecule has 3 aromatic heterocycles. The number of aromatic nitrogens is 3. The molecular formula is C24H22F2N4O5S. The Morgan fingerprint density at radius 2 is 1.83 bits per heavy atom. The summed E-state index contributed by atoms with van der Waals surface area (Å²) in [6, 6.07) is 7.07. The van der Waals surface area contributed by atoms with Crippen LogP contribution in [0.25, 0.3) is 16.8 Å². The molecule has 0 aliphatic carbocycles. The van der Waals surface area contributed by atoms with Crippen molar-refractivity contribution < 1.29 is 26.7 Å². The zero-order chi connectivity index (χ0) is 25.9. The number of hydrogen-bond acceptors (Lipinski definition) is 7. The van der Waals surface area contributed by atoms with Gasteiger partial charge in [-0.15, -0.1) is 0 Å². The van der Waals surface area contributed by atoms with Crippen LogP contribution in [-0.2, 0) is 21.2 Å². The standard InChI is InChI=1S/C24H22F2N4O5S/c1-3-19-20(29-36(32,33)22-6-5-17(25)11-18(22)26)10-16(12-27-19)15-4-7-23-28-13-21(35-9-8-34-2)24(31)30(23)14-15/h4-7,10-14,29H,3,8-9H2,1-2H3. The Hall–Kier alpha value is -3.90. The van der Waals surface area contributed by atoms with E-state index in [1.165, 1.54) is 36.2 Å². The van der Waals surface area contributed by atoms with E-state index < -0.39 is 32.1 Å². The van der Waals surface area contributed by atoms with Crippen LogP contribution in [0, 0.1) is 11.6 Å². The van der Waals surface area contributed by atoms with Gasteiger partial charge in [-0.05, 0) is 36.8 Å². The van der Waals surface area contributed by atoms with Crippen molar-refractivity contribution in [3.63, 3.8) is 0 Å². The van der Waals surface area contributed by atoms with Gasteiger partial charge in [0.05, 0.1) is 24.2 Å². The number of benzene rings is 1. The summed E-state index contributed by atoms with van der Waals surface area (Å²) >= 11 is 0. The first-order valence-electron chi connectivity index (χ1n) is 10.8. The summed E-state index contributed by atoms with van der Waals surface area (Å²) in [5, 5.41) is 0. The number of nitrogens with one attached hydrogen (secondary N) is 1. The molecule has 4 rings (SSSR count). The van der Waals surface area contributed by atoms with Gasteiger partial charge in [0, 0.05) is 36.7 Å². The molecular weight excluding hydrogens is 494 g/mol. The number of nitrogens with zero attached hydrogens (tertiary/aromatic N) is 3. The number of ether oxygens (including phenoxy) is 2. The van der Waals surface area contributed by atoms with E-state index in [0.717, 1.165) is 12.1 Å². The van der Waals surface area contributed by atoms with Gasteiger partial charge in [0.1, 0.15) is 28.8 Å². The maximum Gasteiger partial charge on any atom is 0.300 e. The van der Waals surface area contributed by atoms with Crippen LogP contribution in [-0.4, -0.2) is 43.1 Å². The SMILES string of the molecule is CCc1ncc(-c2ccc3ncc(OCCOC)c(=O)n3c2)cc1NS(=O)(=O)c1ccc(F)cc1F. The molecule has 0 aliphatic rings. The zero-order valence-corrected chi connectivity index (χ0v) is 20.2. The Bertz CT molecular complexity index is 1590. The first kappa shape index (κ1) is 25.2. The monoisotopic (exact) mass is 516 g/mol. The predicted octanol–water partition coefficient (Wildman–Crippen LogP) is 3.42. The van der Waals surface area contributed by atoms with Crippen LogP contribution in [0.5, 0.6) is 5.75 Å². The smallest absolute Gasteiger partial charge is 0.300 e. The van der Waals surface area contributed by atoms with Crippen LogP contribution in [0.4, 0.5) is 14.5 Å². The lowest BCUT2D eigenvalue weighted by atomic mass is 10.1. The summed E-state index contributed by atoms with van der Waals surface area (Å²) in [4.78, 5) is 20.7. The van der Waals surface area contributed by atoms with E-state index in [-0.39, 0.29) is 18.0 Å². The van der Waals surface area contributed by atoms with E-state index in [1.807, 2.05) is 0 Å². The normalized spacial score (nSPS) is 11.6. The molecule has 0 spiro atoms. The van der Waals surface area contributed by atoms with E-state index in [0.29, 0.717) is 41.6 Å². The summed E-state index contributed by atoms with van der Waals surface area (Å²) in [7, 11) is -2.86. The highest BCUT2D eigenvalue weighted by Gasteiger charge is 2.21. The second-order valence-electron chi connectivity index (χ2n) is 7.67. The predicted molar refractivity (Wildman–Crippen MR) is 129 cm³/mol. The molecule has 4 aromatic rings. The van der Waals surface area contributed by atoms with E-state index in [1.54, 1.807) is 19.1 Å². The molecule has 12 heteroatoms. The maximum absolute atomic E-state index is 14.2. The van der Waals surface area contributed by atoms with Gasteiger partial charge in [0.15, 0.2) is 0 Å². The average molecular weight is 517 g/mol. The number of sulfonamides is 1. The van der Waals surface area contributed by atoms with Gasteiger partial charge in [0.2, 0.25) is 5.75 Å². The highest BCUT2D eigenvalue weighted by Crippen LogP contribution is 2.27. The molecule has 0 saturated heterocycles. The van der Waals surface area contributed by atoms with Crippen LogP contribution in [0.2, 0.25) is 0 Å². The molecule has 36 heavy (non-hydrogen) atoms. The van der Waals surface area contributed by atoms with Gasteiger partial charge >= 0.3 is 0 Å². The fraction of sp³-hybridized carbons (Fsp3) is 0.208. The molecule has 0 radical (unpaired) electrons. The Morgan fingerprint density at radius 3 is 2.56 bits per heavy atom. The van der Waals surface area contributed by atoms with Gasteiger partial charge in [-0.3, -0.25) is 18.9 Å². The van der Waals surface area contributed by atoms with E-state index in [4.69, 9.17) is 9.47 Å². The van der Waals surface area contributed by atoms with Crippen molar-refractivity contribution in [1.82, 2.24) is 14.4 Å². The minimum atomic E-state index is -4.37. The quantitative estimate of drug-likeness (QED) is 0.339. The third kappa shape index (κ3) is 5.19.